The molecule has 2 rings (SSSR count). The van der Waals surface area contributed by atoms with Crippen molar-refractivity contribution in [2.75, 3.05) is 11.9 Å². The highest BCUT2D eigenvalue weighted by Crippen LogP contribution is 2.22. The molecule has 114 valence electrons. The van der Waals surface area contributed by atoms with Gasteiger partial charge in [-0.3, -0.25) is 4.79 Å². The van der Waals surface area contributed by atoms with Crippen molar-refractivity contribution in [2.24, 2.45) is 0 Å². The molecule has 1 unspecified atom stereocenters. The molecule has 1 heterocycles. The summed E-state index contributed by atoms with van der Waals surface area (Å²) in [4.78, 5) is 23.1. The fraction of sp³-hybridized carbons (Fsp3) is 0.467. The van der Waals surface area contributed by atoms with Gasteiger partial charge in [-0.1, -0.05) is 18.0 Å². The largest absolute Gasteiger partial charge is 0.478 e. The van der Waals surface area contributed by atoms with Gasteiger partial charge in [0.05, 0.1) is 11.3 Å². The maximum Gasteiger partial charge on any atom is 0.337 e. The normalized spacial score (nSPS) is 18.2. The van der Waals surface area contributed by atoms with Gasteiger partial charge in [-0.2, -0.15) is 0 Å². The van der Waals surface area contributed by atoms with Crippen LogP contribution in [0.1, 0.15) is 42.5 Å². The van der Waals surface area contributed by atoms with E-state index in [-0.39, 0.29) is 17.2 Å². The fourth-order valence-electron chi connectivity index (χ4n) is 2.49. The van der Waals surface area contributed by atoms with E-state index in [1.165, 1.54) is 31.0 Å². The van der Waals surface area contributed by atoms with Crippen LogP contribution in [0.15, 0.2) is 18.2 Å². The van der Waals surface area contributed by atoms with Crippen molar-refractivity contribution in [2.45, 2.75) is 38.1 Å². The standard InChI is InChI=1S/C15H19ClN2O3/c16-10-4-6-12(15(20)21)13(9-10)18-14(19)7-5-11-3-1-2-8-17-11/h4,6,9,11,17H,1-3,5,7-8H2,(H,18,19)(H,20,21). The first kappa shape index (κ1) is 15.8. The minimum absolute atomic E-state index is 0.0449. The monoisotopic (exact) mass is 310 g/mol. The lowest BCUT2D eigenvalue weighted by molar-refractivity contribution is -0.116. The van der Waals surface area contributed by atoms with Crippen LogP contribution in [0.3, 0.4) is 0 Å². The number of piperidine rings is 1. The fourth-order valence-corrected chi connectivity index (χ4v) is 2.67. The van der Waals surface area contributed by atoms with Crippen molar-refractivity contribution in [3.8, 4) is 0 Å². The van der Waals surface area contributed by atoms with Gasteiger partial charge in [0.15, 0.2) is 0 Å². The molecule has 1 aromatic carbocycles. The lowest BCUT2D eigenvalue weighted by atomic mass is 10.0. The third kappa shape index (κ3) is 4.72. The first-order chi connectivity index (χ1) is 10.1. The summed E-state index contributed by atoms with van der Waals surface area (Å²) in [7, 11) is 0. The molecule has 21 heavy (non-hydrogen) atoms. The van der Waals surface area contributed by atoms with E-state index in [1.807, 2.05) is 0 Å². The molecule has 1 aromatic rings. The summed E-state index contributed by atoms with van der Waals surface area (Å²) in [5.41, 5.74) is 0.292. The lowest BCUT2D eigenvalue weighted by Crippen LogP contribution is -2.34. The Kier molecular flexibility index (Phi) is 5.59. The summed E-state index contributed by atoms with van der Waals surface area (Å²) < 4.78 is 0. The summed E-state index contributed by atoms with van der Waals surface area (Å²) >= 11 is 5.85. The number of rotatable bonds is 5. The maximum atomic E-state index is 12.0. The predicted octanol–water partition coefficient (Wildman–Crippen LogP) is 2.90. The Hall–Kier alpha value is -1.59. The van der Waals surface area contributed by atoms with Gasteiger partial charge in [0.25, 0.3) is 0 Å². The van der Waals surface area contributed by atoms with Crippen molar-refractivity contribution < 1.29 is 14.7 Å². The minimum Gasteiger partial charge on any atom is -0.478 e. The van der Waals surface area contributed by atoms with E-state index < -0.39 is 5.97 Å². The first-order valence-corrected chi connectivity index (χ1v) is 7.50. The molecular weight excluding hydrogens is 292 g/mol. The van der Waals surface area contributed by atoms with Crippen LogP contribution in [0.25, 0.3) is 0 Å². The van der Waals surface area contributed by atoms with Crippen molar-refractivity contribution in [3.05, 3.63) is 28.8 Å². The number of benzene rings is 1. The summed E-state index contributed by atoms with van der Waals surface area (Å²) in [5, 5.41) is 15.5. The number of nitrogens with one attached hydrogen (secondary N) is 2. The zero-order valence-corrected chi connectivity index (χ0v) is 12.4. The zero-order chi connectivity index (χ0) is 15.2. The Labute approximate surface area is 128 Å². The van der Waals surface area contributed by atoms with E-state index in [0.717, 1.165) is 19.4 Å². The second-order valence-corrected chi connectivity index (χ2v) is 5.67. The van der Waals surface area contributed by atoms with Crippen molar-refractivity contribution >= 4 is 29.2 Å². The molecule has 1 saturated heterocycles. The maximum absolute atomic E-state index is 12.0. The summed E-state index contributed by atoms with van der Waals surface area (Å²) in [6, 6.07) is 4.72. The molecule has 6 heteroatoms. The molecule has 1 aliphatic rings. The number of hydrogen-bond donors (Lipinski definition) is 3. The Morgan fingerprint density at radius 1 is 1.38 bits per heavy atom. The Morgan fingerprint density at radius 3 is 2.86 bits per heavy atom. The molecule has 0 spiro atoms. The van der Waals surface area contributed by atoms with Gasteiger partial charge in [-0.25, -0.2) is 4.79 Å². The molecule has 3 N–H and O–H groups in total. The van der Waals surface area contributed by atoms with Crippen LogP contribution >= 0.6 is 11.6 Å². The zero-order valence-electron chi connectivity index (χ0n) is 11.7. The SMILES string of the molecule is O=C(CCC1CCCCN1)Nc1cc(Cl)ccc1C(=O)O. The second kappa shape index (κ2) is 7.43. The lowest BCUT2D eigenvalue weighted by Gasteiger charge is -2.23. The molecule has 0 saturated carbocycles. The van der Waals surface area contributed by atoms with Crippen molar-refractivity contribution in [3.63, 3.8) is 0 Å². The number of hydrogen-bond acceptors (Lipinski definition) is 3. The number of anilines is 1. The average molecular weight is 311 g/mol. The highest BCUT2D eigenvalue weighted by molar-refractivity contribution is 6.31. The molecule has 0 aliphatic carbocycles. The number of carboxylic acid groups (broad SMARTS) is 1. The van der Waals surface area contributed by atoms with Crippen LogP contribution in [0.4, 0.5) is 5.69 Å². The molecule has 0 bridgehead atoms. The van der Waals surface area contributed by atoms with Crippen LogP contribution in [0.2, 0.25) is 5.02 Å². The van der Waals surface area contributed by atoms with E-state index in [1.54, 1.807) is 0 Å². The van der Waals surface area contributed by atoms with Crippen LogP contribution < -0.4 is 10.6 Å². The average Bonchev–Trinajstić information content (AvgIpc) is 2.46. The van der Waals surface area contributed by atoms with Gasteiger partial charge in [0.1, 0.15) is 0 Å². The molecule has 1 aliphatic heterocycles. The number of carbonyl (C=O) groups is 2. The smallest absolute Gasteiger partial charge is 0.337 e. The number of amides is 1. The highest BCUT2D eigenvalue weighted by atomic mass is 35.5. The molecule has 0 radical (unpaired) electrons. The summed E-state index contributed by atoms with van der Waals surface area (Å²) in [5.74, 6) is -1.27. The van der Waals surface area contributed by atoms with Gasteiger partial charge in [0, 0.05) is 17.5 Å². The molecule has 1 fully saturated rings. The van der Waals surface area contributed by atoms with Crippen LogP contribution in [0.5, 0.6) is 0 Å². The molecule has 0 aromatic heterocycles. The Balaban J connectivity index is 1.92. The van der Waals surface area contributed by atoms with Crippen LogP contribution in [0, 0.1) is 0 Å². The minimum atomic E-state index is -1.09. The van der Waals surface area contributed by atoms with Gasteiger partial charge in [-0.05, 0) is 44.0 Å². The van der Waals surface area contributed by atoms with Gasteiger partial charge >= 0.3 is 5.97 Å². The molecule has 5 nitrogen and oxygen atoms in total. The third-order valence-corrected chi connectivity index (χ3v) is 3.85. The quantitative estimate of drug-likeness (QED) is 0.781. The summed E-state index contributed by atoms with van der Waals surface area (Å²) in [6.45, 7) is 1.00. The second-order valence-electron chi connectivity index (χ2n) is 5.23. The van der Waals surface area contributed by atoms with Gasteiger partial charge < -0.3 is 15.7 Å². The summed E-state index contributed by atoms with van der Waals surface area (Å²) in [6.07, 6.45) is 4.59. The van der Waals surface area contributed by atoms with E-state index >= 15 is 0 Å². The first-order valence-electron chi connectivity index (χ1n) is 7.12. The topological polar surface area (TPSA) is 78.4 Å². The van der Waals surface area contributed by atoms with Gasteiger partial charge in [0.2, 0.25) is 5.91 Å². The number of carboxylic acids is 1. The molecule has 1 amide bonds. The number of halogens is 1. The van der Waals surface area contributed by atoms with Crippen molar-refractivity contribution in [1.82, 2.24) is 5.32 Å². The van der Waals surface area contributed by atoms with Gasteiger partial charge in [-0.15, -0.1) is 0 Å². The van der Waals surface area contributed by atoms with Crippen molar-refractivity contribution in [1.29, 1.82) is 0 Å². The molecular formula is C15H19ClN2O3. The van der Waals surface area contributed by atoms with E-state index in [4.69, 9.17) is 16.7 Å². The molecule has 1 atom stereocenters. The predicted molar refractivity (Wildman–Crippen MR) is 81.9 cm³/mol. The third-order valence-electron chi connectivity index (χ3n) is 3.62. The van der Waals surface area contributed by atoms with E-state index in [9.17, 15) is 9.59 Å². The van der Waals surface area contributed by atoms with Crippen LogP contribution in [-0.4, -0.2) is 29.6 Å². The highest BCUT2D eigenvalue weighted by Gasteiger charge is 2.16. The van der Waals surface area contributed by atoms with E-state index in [2.05, 4.69) is 10.6 Å². The Bertz CT molecular complexity index is 528. The Morgan fingerprint density at radius 2 is 2.19 bits per heavy atom. The van der Waals surface area contributed by atoms with E-state index in [0.29, 0.717) is 17.5 Å². The number of aromatic carboxylic acids is 1. The van der Waals surface area contributed by atoms with Crippen LogP contribution in [-0.2, 0) is 4.79 Å². The number of carbonyl (C=O) groups excluding carboxylic acids is 1.